The molecule has 0 aromatic carbocycles. The van der Waals surface area contributed by atoms with Crippen LogP contribution in [0.4, 0.5) is 0 Å². The maximum atomic E-state index is 13.7. The maximum absolute atomic E-state index is 13.7. The number of hydrogen-bond acceptors (Lipinski definition) is 5. The van der Waals surface area contributed by atoms with Gasteiger partial charge in [0.25, 0.3) is 0 Å². The van der Waals surface area contributed by atoms with E-state index in [2.05, 4.69) is 20.0 Å². The number of nitrogens with zero attached hydrogens (tertiary/aromatic N) is 3. The molecule has 84 heavy (non-hydrogen) atoms. The summed E-state index contributed by atoms with van der Waals surface area (Å²) in [5.74, 6) is 12.6. The van der Waals surface area contributed by atoms with Crippen LogP contribution in [0.5, 0.6) is 0 Å². The summed E-state index contributed by atoms with van der Waals surface area (Å²) in [5, 5.41) is 18.2. The van der Waals surface area contributed by atoms with Gasteiger partial charge in [-0.1, -0.05) is 173 Å². The third-order valence-electron chi connectivity index (χ3n) is 31.3. The summed E-state index contributed by atoms with van der Waals surface area (Å²) in [4.78, 5) is 10.3. The standard InChI is InChI=1S/C79H134N4O/c84-78-53-64(83(61-34-11-4-12-35-61)77-41-21-27-56-24-15-18-38-67(56)77)45-49-71(78)70-48-44-63(82(60-32-9-3-10-33-60)76-40-20-26-55-23-14-17-37-66(55)76)52-74(70)79-72-50-58(80-57-28-5-1-6-29-57)42-46-68(72)69-47-43-62(51-73(69)79)81(59-30-7-2-8-31-59)75-39-19-25-54-22-13-16-36-65(54)75/h54-80,84H,1-53H2. The Morgan fingerprint density at radius 3 is 0.976 bits per heavy atom. The number of rotatable bonds is 13. The van der Waals surface area contributed by atoms with E-state index in [9.17, 15) is 5.11 Å². The Morgan fingerprint density at radius 1 is 0.214 bits per heavy atom. The lowest BCUT2D eigenvalue weighted by atomic mass is 9.56. The first-order valence-corrected chi connectivity index (χ1v) is 40.4. The number of nitrogens with one attached hydrogen (secondary N) is 1. The minimum Gasteiger partial charge on any atom is -0.393 e. The number of hydrogen-bond donors (Lipinski definition) is 2. The van der Waals surface area contributed by atoms with Gasteiger partial charge in [0.05, 0.1) is 6.10 Å². The predicted octanol–water partition coefficient (Wildman–Crippen LogP) is 19.4. The summed E-state index contributed by atoms with van der Waals surface area (Å²) in [6.45, 7) is 0. The molecule has 22 atom stereocenters. The van der Waals surface area contributed by atoms with Crippen LogP contribution in [0.15, 0.2) is 0 Å². The zero-order valence-corrected chi connectivity index (χ0v) is 54.8. The molecular formula is C79H134N4O. The van der Waals surface area contributed by atoms with Crippen LogP contribution in [0.25, 0.3) is 0 Å². The van der Waals surface area contributed by atoms with E-state index in [0.717, 1.165) is 144 Å². The molecule has 0 bridgehead atoms. The quantitative estimate of drug-likeness (QED) is 0.192. The molecule has 15 aliphatic carbocycles. The van der Waals surface area contributed by atoms with Crippen LogP contribution in [-0.4, -0.2) is 92.4 Å². The van der Waals surface area contributed by atoms with Crippen molar-refractivity contribution in [1.82, 2.24) is 20.0 Å². The fraction of sp³-hybridized carbons (Fsp3) is 1.00. The molecular weight excluding hydrogens is 1020 g/mol. The van der Waals surface area contributed by atoms with Gasteiger partial charge in [0, 0.05) is 66.5 Å². The van der Waals surface area contributed by atoms with E-state index >= 15 is 0 Å². The highest BCUT2D eigenvalue weighted by atomic mass is 16.3. The normalized spacial score (nSPS) is 47.1. The molecule has 15 rings (SSSR count). The van der Waals surface area contributed by atoms with Crippen molar-refractivity contribution in [3.63, 3.8) is 0 Å². The molecule has 0 aliphatic heterocycles. The van der Waals surface area contributed by atoms with E-state index in [1.54, 1.807) is 51.4 Å². The van der Waals surface area contributed by atoms with Crippen LogP contribution in [-0.2, 0) is 0 Å². The first-order chi connectivity index (χ1) is 41.6. The lowest BCUT2D eigenvalue weighted by molar-refractivity contribution is -0.0993. The van der Waals surface area contributed by atoms with Gasteiger partial charge < -0.3 is 10.4 Å². The minimum atomic E-state index is -0.101. The molecule has 5 heteroatoms. The third-order valence-corrected chi connectivity index (χ3v) is 31.3. The molecule has 5 nitrogen and oxygen atoms in total. The summed E-state index contributed by atoms with van der Waals surface area (Å²) in [6, 6.07) is 8.79. The average molecular weight is 1160 g/mol. The molecule has 0 heterocycles. The molecule has 15 aliphatic rings. The van der Waals surface area contributed by atoms with Crippen LogP contribution in [0.3, 0.4) is 0 Å². The molecule has 476 valence electrons. The maximum Gasteiger partial charge on any atom is 0.0586 e. The molecule has 2 N–H and O–H groups in total. The molecule has 15 fully saturated rings. The van der Waals surface area contributed by atoms with Crippen molar-refractivity contribution in [3.8, 4) is 0 Å². The monoisotopic (exact) mass is 1160 g/mol. The van der Waals surface area contributed by atoms with E-state index < -0.39 is 0 Å². The molecule has 22 unspecified atom stereocenters. The lowest BCUT2D eigenvalue weighted by Crippen LogP contribution is -2.59. The Bertz CT molecular complexity index is 2010. The van der Waals surface area contributed by atoms with Crippen LogP contribution < -0.4 is 5.32 Å². The van der Waals surface area contributed by atoms with Gasteiger partial charge >= 0.3 is 0 Å². The van der Waals surface area contributed by atoms with Gasteiger partial charge in [-0.25, -0.2) is 0 Å². The van der Waals surface area contributed by atoms with Gasteiger partial charge in [-0.2, -0.15) is 0 Å². The van der Waals surface area contributed by atoms with Crippen molar-refractivity contribution in [1.29, 1.82) is 0 Å². The average Bonchev–Trinajstić information content (AvgIpc) is 2.38. The van der Waals surface area contributed by atoms with E-state index in [1.807, 2.05) is 0 Å². The van der Waals surface area contributed by atoms with Gasteiger partial charge in [0.1, 0.15) is 0 Å². The van der Waals surface area contributed by atoms with Crippen molar-refractivity contribution in [3.05, 3.63) is 0 Å². The summed E-state index contributed by atoms with van der Waals surface area (Å²) < 4.78 is 0. The van der Waals surface area contributed by atoms with E-state index in [0.29, 0.717) is 12.0 Å². The van der Waals surface area contributed by atoms with Gasteiger partial charge in [-0.15, -0.1) is 0 Å². The first-order valence-electron chi connectivity index (χ1n) is 40.4. The van der Waals surface area contributed by atoms with Crippen LogP contribution in [0.2, 0.25) is 0 Å². The molecule has 0 radical (unpaired) electrons. The van der Waals surface area contributed by atoms with Crippen molar-refractivity contribution in [2.45, 2.75) is 413 Å². The summed E-state index contributed by atoms with van der Waals surface area (Å²) in [6.07, 6.45) is 78.7. The molecule has 0 aromatic heterocycles. The van der Waals surface area contributed by atoms with Gasteiger partial charge in [0.15, 0.2) is 0 Å². The predicted molar refractivity (Wildman–Crippen MR) is 350 cm³/mol. The third kappa shape index (κ3) is 12.5. The smallest absolute Gasteiger partial charge is 0.0586 e. The number of aliphatic hydroxyl groups is 1. The summed E-state index contributed by atoms with van der Waals surface area (Å²) in [5.41, 5.74) is 0. The van der Waals surface area contributed by atoms with E-state index in [1.165, 1.54) is 283 Å². The van der Waals surface area contributed by atoms with Crippen molar-refractivity contribution in [2.75, 3.05) is 0 Å². The fourth-order valence-electron chi connectivity index (χ4n) is 28.2. The second kappa shape index (κ2) is 27.9. The summed E-state index contributed by atoms with van der Waals surface area (Å²) in [7, 11) is 0. The number of fused-ring (bicyclic) bond motifs is 6. The van der Waals surface area contributed by atoms with Crippen molar-refractivity contribution >= 4 is 0 Å². The largest absolute Gasteiger partial charge is 0.393 e. The Morgan fingerprint density at radius 2 is 0.548 bits per heavy atom. The zero-order valence-electron chi connectivity index (χ0n) is 54.8. The first kappa shape index (κ1) is 60.1. The molecule has 0 saturated heterocycles. The van der Waals surface area contributed by atoms with Gasteiger partial charge in [-0.3, -0.25) is 14.7 Å². The highest BCUT2D eigenvalue weighted by Gasteiger charge is 2.61. The van der Waals surface area contributed by atoms with Crippen LogP contribution >= 0.6 is 0 Å². The highest BCUT2D eigenvalue weighted by Crippen LogP contribution is 2.65. The SMILES string of the molecule is OC1CC(N(C2CCCCC2)C2CCCC3CCCCC32)CCC1C1CCC(N(C2CCCCC2)C2CCCC3CCCCC32)CC1C1C2CC(NC3CCCCC3)CCC2C2CCC(N(C3CCCCC3)C3CCCC4CCCCC43)CC21. The lowest BCUT2D eigenvalue weighted by Gasteiger charge is -2.58. The minimum absolute atomic E-state index is 0.101. The second-order valence-electron chi connectivity index (χ2n) is 35.0. The Hall–Kier alpha value is -0.200. The van der Waals surface area contributed by atoms with E-state index in [4.69, 9.17) is 0 Å². The highest BCUT2D eigenvalue weighted by molar-refractivity contribution is 5.12. The van der Waals surface area contributed by atoms with Crippen molar-refractivity contribution < 1.29 is 5.11 Å². The summed E-state index contributed by atoms with van der Waals surface area (Å²) >= 11 is 0. The van der Waals surface area contributed by atoms with Crippen LogP contribution in [0.1, 0.15) is 340 Å². The Kier molecular flexibility index (Phi) is 20.0. The molecule has 0 amide bonds. The Labute approximate surface area is 518 Å². The van der Waals surface area contributed by atoms with Crippen molar-refractivity contribution in [2.24, 2.45) is 82.9 Å². The van der Waals surface area contributed by atoms with E-state index in [-0.39, 0.29) is 6.10 Å². The van der Waals surface area contributed by atoms with Gasteiger partial charge in [0.2, 0.25) is 0 Å². The zero-order chi connectivity index (χ0) is 55.9. The molecule has 15 saturated carbocycles. The second-order valence-corrected chi connectivity index (χ2v) is 35.0. The molecule has 0 spiro atoms. The fourth-order valence-corrected chi connectivity index (χ4v) is 28.2. The Balaban J connectivity index is 0.789. The number of aliphatic hydroxyl groups excluding tert-OH is 1. The van der Waals surface area contributed by atoms with Gasteiger partial charge in [-0.05, 0) is 250 Å². The topological polar surface area (TPSA) is 42.0 Å². The molecule has 0 aromatic rings. The van der Waals surface area contributed by atoms with Crippen LogP contribution in [0, 0.1) is 82.9 Å².